The van der Waals surface area contributed by atoms with Crippen LogP contribution in [0.5, 0.6) is 0 Å². The number of carbonyl (C=O) groups excluding carboxylic acids is 1. The molecule has 2 rings (SSSR count). The van der Waals surface area contributed by atoms with Gasteiger partial charge in [-0.1, -0.05) is 0 Å². The molecule has 8 heteroatoms. The molecule has 0 radical (unpaired) electrons. The summed E-state index contributed by atoms with van der Waals surface area (Å²) < 4.78 is 14.6. The predicted octanol–water partition coefficient (Wildman–Crippen LogP) is 2.17. The lowest BCUT2D eigenvalue weighted by Gasteiger charge is -2.10. The maximum Gasteiger partial charge on any atom is 0.236 e. The van der Waals surface area contributed by atoms with Crippen LogP contribution >= 0.6 is 24.2 Å². The number of hydrogen-bond acceptors (Lipinski definition) is 4. The molecule has 0 aliphatic carbocycles. The third kappa shape index (κ3) is 6.14. The van der Waals surface area contributed by atoms with Crippen LogP contribution < -0.4 is 11.1 Å². The van der Waals surface area contributed by atoms with Crippen LogP contribution in [0.2, 0.25) is 0 Å². The minimum Gasteiger partial charge on any atom is -0.354 e. The van der Waals surface area contributed by atoms with Gasteiger partial charge in [0.15, 0.2) is 0 Å². The molecule has 3 N–H and O–H groups in total. The van der Waals surface area contributed by atoms with Gasteiger partial charge in [0.1, 0.15) is 5.82 Å². The van der Waals surface area contributed by atoms with Gasteiger partial charge in [0, 0.05) is 19.2 Å². The minimum absolute atomic E-state index is 0. The highest BCUT2D eigenvalue weighted by molar-refractivity contribution is 7.98. The van der Waals surface area contributed by atoms with E-state index in [1.165, 1.54) is 12.1 Å². The molecule has 1 aromatic heterocycles. The van der Waals surface area contributed by atoms with Crippen molar-refractivity contribution in [3.05, 3.63) is 48.0 Å². The van der Waals surface area contributed by atoms with Gasteiger partial charge in [-0.05, 0) is 48.8 Å². The fraction of sp³-hybridized carbons (Fsp3) is 0.375. The number of benzene rings is 1. The van der Waals surface area contributed by atoms with Crippen LogP contribution in [0.4, 0.5) is 4.39 Å². The summed E-state index contributed by atoms with van der Waals surface area (Å²) in [6.45, 7) is 0.492. The topological polar surface area (TPSA) is 72.9 Å². The van der Waals surface area contributed by atoms with E-state index in [9.17, 15) is 9.18 Å². The molecule has 2 aromatic rings. The molecule has 0 saturated carbocycles. The maximum atomic E-state index is 12.9. The Balaban J connectivity index is 0.00000288. The van der Waals surface area contributed by atoms with Crippen LogP contribution in [0.25, 0.3) is 5.69 Å². The lowest BCUT2D eigenvalue weighted by molar-refractivity contribution is -0.122. The van der Waals surface area contributed by atoms with Crippen molar-refractivity contribution in [3.63, 3.8) is 0 Å². The van der Waals surface area contributed by atoms with Gasteiger partial charge < -0.3 is 11.1 Å². The van der Waals surface area contributed by atoms with Crippen molar-refractivity contribution in [2.75, 3.05) is 18.6 Å². The first-order chi connectivity index (χ1) is 11.1. The molecule has 1 aromatic carbocycles. The van der Waals surface area contributed by atoms with Gasteiger partial charge in [-0.3, -0.25) is 4.79 Å². The monoisotopic (exact) mass is 372 g/mol. The zero-order chi connectivity index (χ0) is 16.7. The third-order valence-corrected chi connectivity index (χ3v) is 4.03. The van der Waals surface area contributed by atoms with Crippen molar-refractivity contribution in [1.29, 1.82) is 0 Å². The van der Waals surface area contributed by atoms with Gasteiger partial charge >= 0.3 is 0 Å². The molecule has 0 saturated heterocycles. The Morgan fingerprint density at radius 2 is 2.08 bits per heavy atom. The normalized spacial score (nSPS) is 11.6. The summed E-state index contributed by atoms with van der Waals surface area (Å²) in [4.78, 5) is 11.8. The number of amides is 1. The largest absolute Gasteiger partial charge is 0.354 e. The molecule has 1 amide bonds. The van der Waals surface area contributed by atoms with Gasteiger partial charge in [0.25, 0.3) is 0 Å². The van der Waals surface area contributed by atoms with Crippen LogP contribution in [0.3, 0.4) is 0 Å². The number of halogens is 2. The summed E-state index contributed by atoms with van der Waals surface area (Å²) in [5, 5.41) is 7.23. The van der Waals surface area contributed by atoms with E-state index in [4.69, 9.17) is 5.73 Å². The number of thioether (sulfide) groups is 1. The molecule has 1 heterocycles. The van der Waals surface area contributed by atoms with Crippen molar-refractivity contribution < 1.29 is 9.18 Å². The summed E-state index contributed by atoms with van der Waals surface area (Å²) in [7, 11) is 0. The van der Waals surface area contributed by atoms with Crippen LogP contribution in [-0.4, -0.2) is 40.3 Å². The minimum atomic E-state index is -0.459. The molecule has 24 heavy (non-hydrogen) atoms. The fourth-order valence-electron chi connectivity index (χ4n) is 2.05. The first-order valence-corrected chi connectivity index (χ1v) is 8.82. The standard InChI is InChI=1S/C16H21FN4OS.ClH/c1-23-11-8-15(18)16(22)19-9-6-13-7-10-21(20-13)14-4-2-12(17)3-5-14;/h2-5,7,10,15H,6,8-9,11,18H2,1H3,(H,19,22);1H/t15-;/m0./s1. The molecule has 132 valence electrons. The van der Waals surface area contributed by atoms with E-state index in [1.54, 1.807) is 28.6 Å². The van der Waals surface area contributed by atoms with Crippen LogP contribution in [0.1, 0.15) is 12.1 Å². The van der Waals surface area contributed by atoms with Gasteiger partial charge in [0.05, 0.1) is 17.4 Å². The van der Waals surface area contributed by atoms with Crippen LogP contribution in [0, 0.1) is 5.82 Å². The summed E-state index contributed by atoms with van der Waals surface area (Å²) in [5.74, 6) is 0.468. The second-order valence-electron chi connectivity index (χ2n) is 5.16. The van der Waals surface area contributed by atoms with E-state index in [0.717, 1.165) is 17.1 Å². The molecule has 0 fully saturated rings. The van der Waals surface area contributed by atoms with E-state index in [2.05, 4.69) is 10.4 Å². The number of rotatable bonds is 8. The molecule has 0 unspecified atom stereocenters. The van der Waals surface area contributed by atoms with E-state index >= 15 is 0 Å². The highest BCUT2D eigenvalue weighted by Crippen LogP contribution is 2.09. The van der Waals surface area contributed by atoms with E-state index < -0.39 is 6.04 Å². The molecule has 0 aliphatic heterocycles. The quantitative estimate of drug-likeness (QED) is 0.744. The average molecular weight is 373 g/mol. The second kappa shape index (κ2) is 10.3. The molecular weight excluding hydrogens is 351 g/mol. The van der Waals surface area contributed by atoms with E-state index in [-0.39, 0.29) is 24.1 Å². The average Bonchev–Trinajstić information content (AvgIpc) is 3.02. The Labute approximate surface area is 151 Å². The van der Waals surface area contributed by atoms with Crippen molar-refractivity contribution in [1.82, 2.24) is 15.1 Å². The van der Waals surface area contributed by atoms with Gasteiger partial charge in [-0.25, -0.2) is 9.07 Å². The number of nitrogens with one attached hydrogen (secondary N) is 1. The maximum absolute atomic E-state index is 12.9. The predicted molar refractivity (Wildman–Crippen MR) is 98.5 cm³/mol. The third-order valence-electron chi connectivity index (χ3n) is 3.39. The summed E-state index contributed by atoms with van der Waals surface area (Å²) in [6, 6.07) is 7.54. The second-order valence-corrected chi connectivity index (χ2v) is 6.14. The lowest BCUT2D eigenvalue weighted by atomic mass is 10.2. The van der Waals surface area contributed by atoms with Crippen molar-refractivity contribution >= 4 is 30.1 Å². The Morgan fingerprint density at radius 3 is 2.75 bits per heavy atom. The molecule has 1 atom stereocenters. The van der Waals surface area contributed by atoms with Crippen molar-refractivity contribution in [2.24, 2.45) is 5.73 Å². The van der Waals surface area contributed by atoms with Gasteiger partial charge in [-0.15, -0.1) is 12.4 Å². The Hall–Kier alpha value is -1.57. The van der Waals surface area contributed by atoms with Gasteiger partial charge in [0.2, 0.25) is 5.91 Å². The van der Waals surface area contributed by atoms with E-state index in [1.807, 2.05) is 18.5 Å². The Bertz CT molecular complexity index is 635. The zero-order valence-corrected chi connectivity index (χ0v) is 15.1. The summed E-state index contributed by atoms with van der Waals surface area (Å²) >= 11 is 1.67. The smallest absolute Gasteiger partial charge is 0.236 e. The van der Waals surface area contributed by atoms with Crippen molar-refractivity contribution in [3.8, 4) is 5.69 Å². The molecule has 0 bridgehead atoms. The molecule has 5 nitrogen and oxygen atoms in total. The molecule has 0 aliphatic rings. The summed E-state index contributed by atoms with van der Waals surface area (Å²) in [6.07, 6.45) is 5.10. The first kappa shape index (κ1) is 20.5. The van der Waals surface area contributed by atoms with Crippen LogP contribution in [0.15, 0.2) is 36.5 Å². The zero-order valence-electron chi connectivity index (χ0n) is 13.4. The Kier molecular flexibility index (Phi) is 8.81. The lowest BCUT2D eigenvalue weighted by Crippen LogP contribution is -2.41. The molecule has 0 spiro atoms. The fourth-order valence-corrected chi connectivity index (χ4v) is 2.54. The SMILES string of the molecule is CSCC[C@H](N)C(=O)NCCc1ccn(-c2ccc(F)cc2)n1.Cl. The summed E-state index contributed by atoms with van der Waals surface area (Å²) in [5.41, 5.74) is 7.45. The van der Waals surface area contributed by atoms with E-state index in [0.29, 0.717) is 19.4 Å². The van der Waals surface area contributed by atoms with Crippen LogP contribution in [-0.2, 0) is 11.2 Å². The number of nitrogens with two attached hydrogens (primary N) is 1. The molecular formula is C16H22ClFN4OS. The van der Waals surface area contributed by atoms with Crippen molar-refractivity contribution in [2.45, 2.75) is 18.9 Å². The van der Waals surface area contributed by atoms with Gasteiger partial charge in [-0.2, -0.15) is 16.9 Å². The number of carbonyl (C=O) groups is 1. The highest BCUT2D eigenvalue weighted by Gasteiger charge is 2.12. The highest BCUT2D eigenvalue weighted by atomic mass is 35.5. The number of nitrogens with zero attached hydrogens (tertiary/aromatic N) is 2. The first-order valence-electron chi connectivity index (χ1n) is 7.43. The number of hydrogen-bond donors (Lipinski definition) is 2. The number of aromatic nitrogens is 2. The Morgan fingerprint density at radius 1 is 1.38 bits per heavy atom.